The molecule has 1 amide bonds. The standard InChI is InChI=1S/C13H12BrN3O3/c14-10-4-2-9(3-5-10)12(13(19)20)16-11(18)8-17-7-1-6-15-17/h1-7,12H,8H2,(H,16,18)(H,19,20). The van der Waals surface area contributed by atoms with Gasteiger partial charge in [-0.3, -0.25) is 9.48 Å². The van der Waals surface area contributed by atoms with Crippen LogP contribution in [-0.4, -0.2) is 26.8 Å². The molecule has 0 aliphatic heterocycles. The van der Waals surface area contributed by atoms with E-state index in [1.807, 2.05) is 0 Å². The Hall–Kier alpha value is -2.15. The lowest BCUT2D eigenvalue weighted by Crippen LogP contribution is -2.36. The minimum Gasteiger partial charge on any atom is -0.479 e. The monoisotopic (exact) mass is 337 g/mol. The summed E-state index contributed by atoms with van der Waals surface area (Å²) < 4.78 is 2.27. The fourth-order valence-corrected chi connectivity index (χ4v) is 1.95. The number of aliphatic carboxylic acids is 1. The second kappa shape index (κ2) is 6.33. The number of nitrogens with zero attached hydrogens (tertiary/aromatic N) is 2. The van der Waals surface area contributed by atoms with Gasteiger partial charge in [0.1, 0.15) is 6.54 Å². The molecule has 0 radical (unpaired) electrons. The average Bonchev–Trinajstić information content (AvgIpc) is 2.90. The van der Waals surface area contributed by atoms with E-state index in [0.29, 0.717) is 5.56 Å². The molecular weight excluding hydrogens is 326 g/mol. The molecule has 2 aromatic rings. The van der Waals surface area contributed by atoms with Gasteiger partial charge in [-0.2, -0.15) is 5.10 Å². The number of benzene rings is 1. The normalized spacial score (nSPS) is 11.8. The number of hydrogen-bond acceptors (Lipinski definition) is 3. The second-order valence-corrected chi connectivity index (χ2v) is 5.01. The topological polar surface area (TPSA) is 84.2 Å². The number of hydrogen-bond donors (Lipinski definition) is 2. The van der Waals surface area contributed by atoms with Gasteiger partial charge in [-0.15, -0.1) is 0 Å². The van der Waals surface area contributed by atoms with Crippen LogP contribution >= 0.6 is 15.9 Å². The van der Waals surface area contributed by atoms with E-state index in [0.717, 1.165) is 4.47 Å². The van der Waals surface area contributed by atoms with Gasteiger partial charge < -0.3 is 10.4 Å². The lowest BCUT2D eigenvalue weighted by Gasteiger charge is -2.15. The third kappa shape index (κ3) is 3.67. The van der Waals surface area contributed by atoms with Gasteiger partial charge in [-0.05, 0) is 23.8 Å². The van der Waals surface area contributed by atoms with E-state index in [1.54, 1.807) is 42.7 Å². The van der Waals surface area contributed by atoms with Gasteiger partial charge in [0, 0.05) is 16.9 Å². The lowest BCUT2D eigenvalue weighted by molar-refractivity contribution is -0.142. The molecule has 2 N–H and O–H groups in total. The van der Waals surface area contributed by atoms with E-state index in [2.05, 4.69) is 26.3 Å². The molecule has 1 aromatic carbocycles. The number of aromatic nitrogens is 2. The zero-order chi connectivity index (χ0) is 14.5. The van der Waals surface area contributed by atoms with Crippen molar-refractivity contribution in [1.29, 1.82) is 0 Å². The van der Waals surface area contributed by atoms with E-state index >= 15 is 0 Å². The predicted octanol–water partition coefficient (Wildman–Crippen LogP) is 1.59. The van der Waals surface area contributed by atoms with Gasteiger partial charge in [0.05, 0.1) is 0 Å². The van der Waals surface area contributed by atoms with E-state index < -0.39 is 17.9 Å². The third-order valence-electron chi connectivity index (χ3n) is 2.62. The first kappa shape index (κ1) is 14.3. The zero-order valence-electron chi connectivity index (χ0n) is 10.4. The van der Waals surface area contributed by atoms with Crippen LogP contribution in [0.2, 0.25) is 0 Å². The fraction of sp³-hybridized carbons (Fsp3) is 0.154. The Balaban J connectivity index is 2.08. The van der Waals surface area contributed by atoms with E-state index in [4.69, 9.17) is 0 Å². The molecule has 0 fully saturated rings. The number of rotatable bonds is 5. The van der Waals surface area contributed by atoms with Gasteiger partial charge in [-0.25, -0.2) is 4.79 Å². The maximum absolute atomic E-state index is 11.8. The van der Waals surface area contributed by atoms with Crippen molar-refractivity contribution in [3.8, 4) is 0 Å². The first-order valence-corrected chi connectivity index (χ1v) is 6.60. The molecule has 20 heavy (non-hydrogen) atoms. The molecular formula is C13H12BrN3O3. The highest BCUT2D eigenvalue weighted by Crippen LogP contribution is 2.17. The molecule has 0 bridgehead atoms. The molecule has 104 valence electrons. The van der Waals surface area contributed by atoms with Gasteiger partial charge >= 0.3 is 5.97 Å². The Labute approximate surface area is 123 Å². The summed E-state index contributed by atoms with van der Waals surface area (Å²) in [6.07, 6.45) is 3.19. The minimum atomic E-state index is -1.11. The summed E-state index contributed by atoms with van der Waals surface area (Å²) in [5.41, 5.74) is 0.509. The van der Waals surface area contributed by atoms with Crippen LogP contribution in [0.3, 0.4) is 0 Å². The molecule has 1 heterocycles. The molecule has 0 spiro atoms. The molecule has 1 aromatic heterocycles. The number of nitrogens with one attached hydrogen (secondary N) is 1. The van der Waals surface area contributed by atoms with Gasteiger partial charge in [0.15, 0.2) is 6.04 Å². The summed E-state index contributed by atoms with van der Waals surface area (Å²) in [7, 11) is 0. The summed E-state index contributed by atoms with van der Waals surface area (Å²) in [5.74, 6) is -1.52. The molecule has 7 heteroatoms. The molecule has 0 aliphatic carbocycles. The van der Waals surface area contributed by atoms with Crippen molar-refractivity contribution in [2.24, 2.45) is 0 Å². The highest BCUT2D eigenvalue weighted by molar-refractivity contribution is 9.10. The maximum Gasteiger partial charge on any atom is 0.330 e. The Morgan fingerprint density at radius 2 is 2.05 bits per heavy atom. The van der Waals surface area contributed by atoms with E-state index in [-0.39, 0.29) is 6.54 Å². The van der Waals surface area contributed by atoms with Crippen LogP contribution in [0, 0.1) is 0 Å². The molecule has 6 nitrogen and oxygen atoms in total. The van der Waals surface area contributed by atoms with Crippen molar-refractivity contribution in [1.82, 2.24) is 15.1 Å². The van der Waals surface area contributed by atoms with Crippen LogP contribution in [0.4, 0.5) is 0 Å². The molecule has 0 saturated heterocycles. The van der Waals surface area contributed by atoms with Gasteiger partial charge in [-0.1, -0.05) is 28.1 Å². The Morgan fingerprint density at radius 3 is 2.60 bits per heavy atom. The molecule has 0 saturated carbocycles. The Kier molecular flexibility index (Phi) is 4.52. The van der Waals surface area contributed by atoms with Crippen molar-refractivity contribution in [3.63, 3.8) is 0 Å². The summed E-state index contributed by atoms with van der Waals surface area (Å²) >= 11 is 3.28. The lowest BCUT2D eigenvalue weighted by atomic mass is 10.1. The molecule has 1 atom stereocenters. The van der Waals surface area contributed by atoms with E-state index in [1.165, 1.54) is 4.68 Å². The van der Waals surface area contributed by atoms with Crippen LogP contribution in [-0.2, 0) is 16.1 Å². The van der Waals surface area contributed by atoms with E-state index in [9.17, 15) is 14.7 Å². The van der Waals surface area contributed by atoms with Crippen molar-refractivity contribution < 1.29 is 14.7 Å². The Bertz CT molecular complexity index is 596. The van der Waals surface area contributed by atoms with Crippen LogP contribution < -0.4 is 5.32 Å². The third-order valence-corrected chi connectivity index (χ3v) is 3.15. The van der Waals surface area contributed by atoms with Crippen molar-refractivity contribution in [2.45, 2.75) is 12.6 Å². The fourth-order valence-electron chi connectivity index (χ4n) is 1.69. The molecule has 1 unspecified atom stereocenters. The van der Waals surface area contributed by atoms with Crippen LogP contribution in [0.15, 0.2) is 47.2 Å². The summed E-state index contributed by atoms with van der Waals surface area (Å²) in [6, 6.07) is 7.37. The summed E-state index contributed by atoms with van der Waals surface area (Å²) in [6.45, 7) is -0.0205. The number of halogens is 1. The zero-order valence-corrected chi connectivity index (χ0v) is 11.9. The quantitative estimate of drug-likeness (QED) is 0.867. The number of carbonyl (C=O) groups is 2. The van der Waals surface area contributed by atoms with Crippen molar-refractivity contribution >= 4 is 27.8 Å². The summed E-state index contributed by atoms with van der Waals surface area (Å²) in [4.78, 5) is 23.1. The highest BCUT2D eigenvalue weighted by atomic mass is 79.9. The SMILES string of the molecule is O=C(Cn1cccn1)NC(C(=O)O)c1ccc(Br)cc1. The van der Waals surface area contributed by atoms with Crippen LogP contribution in [0.1, 0.15) is 11.6 Å². The minimum absolute atomic E-state index is 0.0205. The first-order valence-electron chi connectivity index (χ1n) is 5.81. The number of carboxylic acid groups (broad SMARTS) is 1. The Morgan fingerprint density at radius 1 is 1.35 bits per heavy atom. The number of amides is 1. The second-order valence-electron chi connectivity index (χ2n) is 4.09. The van der Waals surface area contributed by atoms with Crippen molar-refractivity contribution in [3.05, 3.63) is 52.8 Å². The van der Waals surface area contributed by atoms with Gasteiger partial charge in [0.25, 0.3) is 0 Å². The highest BCUT2D eigenvalue weighted by Gasteiger charge is 2.22. The predicted molar refractivity (Wildman–Crippen MR) is 74.9 cm³/mol. The summed E-state index contributed by atoms with van der Waals surface area (Å²) in [5, 5.41) is 15.6. The average molecular weight is 338 g/mol. The molecule has 2 rings (SSSR count). The van der Waals surface area contributed by atoms with Crippen LogP contribution in [0.5, 0.6) is 0 Å². The van der Waals surface area contributed by atoms with Crippen molar-refractivity contribution in [2.75, 3.05) is 0 Å². The first-order chi connectivity index (χ1) is 9.56. The number of carboxylic acids is 1. The smallest absolute Gasteiger partial charge is 0.330 e. The molecule has 0 aliphatic rings. The number of carbonyl (C=O) groups excluding carboxylic acids is 1. The van der Waals surface area contributed by atoms with Gasteiger partial charge in [0.2, 0.25) is 5.91 Å². The maximum atomic E-state index is 11.8. The van der Waals surface area contributed by atoms with Crippen LogP contribution in [0.25, 0.3) is 0 Å². The largest absolute Gasteiger partial charge is 0.479 e.